The second kappa shape index (κ2) is 8.74. The summed E-state index contributed by atoms with van der Waals surface area (Å²) in [6, 6.07) is -1.28. The summed E-state index contributed by atoms with van der Waals surface area (Å²) in [6.07, 6.45) is 0. The average Bonchev–Trinajstić information content (AvgIpc) is 2.31. The van der Waals surface area contributed by atoms with E-state index in [2.05, 4.69) is 29.4 Å². The Hall–Kier alpha value is -1.30. The molecule has 6 heteroatoms. The zero-order valence-electron chi connectivity index (χ0n) is 11.7. The minimum atomic E-state index is -1.01. The monoisotopic (exact) mass is 259 g/mol. The number of urea groups is 1. The van der Waals surface area contributed by atoms with Gasteiger partial charge in [-0.05, 0) is 19.0 Å². The van der Waals surface area contributed by atoms with Crippen molar-refractivity contribution >= 4 is 12.0 Å². The maximum atomic E-state index is 11.5. The van der Waals surface area contributed by atoms with Crippen molar-refractivity contribution in [2.75, 3.05) is 26.2 Å². The highest BCUT2D eigenvalue weighted by molar-refractivity contribution is 5.82. The molecule has 1 atom stereocenters. The normalized spacial score (nSPS) is 12.6. The van der Waals surface area contributed by atoms with Crippen LogP contribution in [0.25, 0.3) is 0 Å². The molecule has 3 N–H and O–H groups in total. The summed E-state index contributed by atoms with van der Waals surface area (Å²) in [5.41, 5.74) is 0. The van der Waals surface area contributed by atoms with Gasteiger partial charge < -0.3 is 20.6 Å². The second-order valence-corrected chi connectivity index (χ2v) is 4.49. The summed E-state index contributed by atoms with van der Waals surface area (Å²) < 4.78 is 0. The fraction of sp³-hybridized carbons (Fsp3) is 0.833. The van der Waals surface area contributed by atoms with E-state index in [1.807, 2.05) is 0 Å². The van der Waals surface area contributed by atoms with Gasteiger partial charge >= 0.3 is 12.0 Å². The molecule has 18 heavy (non-hydrogen) atoms. The van der Waals surface area contributed by atoms with Gasteiger partial charge in [-0.1, -0.05) is 27.7 Å². The Morgan fingerprint density at radius 3 is 2.17 bits per heavy atom. The summed E-state index contributed by atoms with van der Waals surface area (Å²) in [5.74, 6) is -1.15. The van der Waals surface area contributed by atoms with Crippen LogP contribution in [0.3, 0.4) is 0 Å². The van der Waals surface area contributed by atoms with Crippen LogP contribution in [0.5, 0.6) is 0 Å². The zero-order chi connectivity index (χ0) is 14.1. The topological polar surface area (TPSA) is 81.7 Å². The maximum absolute atomic E-state index is 11.5. The molecular weight excluding hydrogens is 234 g/mol. The molecule has 0 bridgehead atoms. The molecule has 0 saturated carbocycles. The third-order valence-corrected chi connectivity index (χ3v) is 2.83. The Morgan fingerprint density at radius 2 is 1.78 bits per heavy atom. The van der Waals surface area contributed by atoms with E-state index in [4.69, 9.17) is 5.11 Å². The number of aliphatic carboxylic acids is 1. The van der Waals surface area contributed by atoms with Gasteiger partial charge in [-0.15, -0.1) is 0 Å². The van der Waals surface area contributed by atoms with E-state index in [9.17, 15) is 9.59 Å². The predicted molar refractivity (Wildman–Crippen MR) is 70.6 cm³/mol. The average molecular weight is 259 g/mol. The van der Waals surface area contributed by atoms with Crippen LogP contribution in [0.15, 0.2) is 0 Å². The molecule has 0 saturated heterocycles. The van der Waals surface area contributed by atoms with Gasteiger partial charge in [0.05, 0.1) is 0 Å². The van der Waals surface area contributed by atoms with E-state index >= 15 is 0 Å². The summed E-state index contributed by atoms with van der Waals surface area (Å²) >= 11 is 0. The number of likely N-dealkylation sites (N-methyl/N-ethyl adjacent to an activating group) is 1. The number of rotatable bonds is 8. The van der Waals surface area contributed by atoms with Gasteiger partial charge in [-0.2, -0.15) is 0 Å². The Balaban J connectivity index is 3.99. The number of nitrogens with one attached hydrogen (secondary N) is 2. The minimum absolute atomic E-state index is 0.143. The van der Waals surface area contributed by atoms with E-state index in [1.54, 1.807) is 13.8 Å². The predicted octanol–water partition coefficient (Wildman–Crippen LogP) is 0.737. The number of carboxylic acid groups (broad SMARTS) is 1. The number of amides is 2. The van der Waals surface area contributed by atoms with Crippen LogP contribution < -0.4 is 10.6 Å². The molecule has 106 valence electrons. The molecule has 2 amide bonds. The highest BCUT2D eigenvalue weighted by Crippen LogP contribution is 2.01. The molecule has 0 aliphatic rings. The van der Waals surface area contributed by atoms with Crippen molar-refractivity contribution in [1.29, 1.82) is 0 Å². The van der Waals surface area contributed by atoms with Crippen molar-refractivity contribution in [2.45, 2.75) is 33.7 Å². The standard InChI is InChI=1S/C12H25N3O3/c1-5-15(6-2)8-7-13-12(18)14-10(9(3)4)11(16)17/h9-10H,5-8H2,1-4H3,(H,16,17)(H2,13,14,18)/t10-/m1/s1. The van der Waals surface area contributed by atoms with Crippen molar-refractivity contribution in [3.05, 3.63) is 0 Å². The van der Waals surface area contributed by atoms with Crippen LogP contribution >= 0.6 is 0 Å². The first-order valence-corrected chi connectivity index (χ1v) is 6.41. The fourth-order valence-corrected chi connectivity index (χ4v) is 1.57. The Labute approximate surface area is 109 Å². The third-order valence-electron chi connectivity index (χ3n) is 2.83. The second-order valence-electron chi connectivity index (χ2n) is 4.49. The van der Waals surface area contributed by atoms with Crippen molar-refractivity contribution in [1.82, 2.24) is 15.5 Å². The number of carboxylic acids is 1. The number of hydrogen-bond donors (Lipinski definition) is 3. The van der Waals surface area contributed by atoms with Crippen molar-refractivity contribution in [3.63, 3.8) is 0 Å². The Morgan fingerprint density at radius 1 is 1.22 bits per heavy atom. The first kappa shape index (κ1) is 16.7. The molecule has 0 heterocycles. The first-order valence-electron chi connectivity index (χ1n) is 6.41. The number of carbonyl (C=O) groups excluding carboxylic acids is 1. The van der Waals surface area contributed by atoms with Gasteiger partial charge in [0.25, 0.3) is 0 Å². The lowest BCUT2D eigenvalue weighted by Gasteiger charge is -2.20. The van der Waals surface area contributed by atoms with Crippen molar-refractivity contribution in [3.8, 4) is 0 Å². The van der Waals surface area contributed by atoms with Crippen molar-refractivity contribution in [2.24, 2.45) is 5.92 Å². The van der Waals surface area contributed by atoms with E-state index in [0.717, 1.165) is 19.6 Å². The van der Waals surface area contributed by atoms with E-state index in [-0.39, 0.29) is 5.92 Å². The summed E-state index contributed by atoms with van der Waals surface area (Å²) in [4.78, 5) is 24.6. The van der Waals surface area contributed by atoms with Crippen molar-refractivity contribution < 1.29 is 14.7 Å². The van der Waals surface area contributed by atoms with Gasteiger partial charge in [0.2, 0.25) is 0 Å². The van der Waals surface area contributed by atoms with Gasteiger partial charge in [0, 0.05) is 13.1 Å². The van der Waals surface area contributed by atoms with E-state index < -0.39 is 18.0 Å². The van der Waals surface area contributed by atoms with Crippen LogP contribution in [-0.4, -0.2) is 54.2 Å². The number of hydrogen-bond acceptors (Lipinski definition) is 3. The molecule has 6 nitrogen and oxygen atoms in total. The van der Waals surface area contributed by atoms with E-state index in [0.29, 0.717) is 6.54 Å². The molecular formula is C12H25N3O3. The van der Waals surface area contributed by atoms with Crippen LogP contribution in [0.4, 0.5) is 4.79 Å². The molecule has 0 aliphatic carbocycles. The van der Waals surface area contributed by atoms with Crippen LogP contribution in [0.1, 0.15) is 27.7 Å². The smallest absolute Gasteiger partial charge is 0.326 e. The molecule has 0 aromatic rings. The minimum Gasteiger partial charge on any atom is -0.480 e. The number of carbonyl (C=O) groups is 2. The molecule has 0 spiro atoms. The van der Waals surface area contributed by atoms with Crippen LogP contribution in [0.2, 0.25) is 0 Å². The molecule has 0 rings (SSSR count). The fourth-order valence-electron chi connectivity index (χ4n) is 1.57. The molecule has 0 aliphatic heterocycles. The lowest BCUT2D eigenvalue weighted by molar-refractivity contribution is -0.140. The molecule has 0 aromatic heterocycles. The third kappa shape index (κ3) is 6.44. The van der Waals surface area contributed by atoms with Gasteiger partial charge in [-0.25, -0.2) is 9.59 Å². The van der Waals surface area contributed by atoms with E-state index in [1.165, 1.54) is 0 Å². The Bertz CT molecular complexity index is 265. The summed E-state index contributed by atoms with van der Waals surface area (Å²) in [7, 11) is 0. The Kier molecular flexibility index (Phi) is 8.11. The van der Waals surface area contributed by atoms with Crippen LogP contribution in [0, 0.1) is 5.92 Å². The lowest BCUT2D eigenvalue weighted by atomic mass is 10.1. The SMILES string of the molecule is CCN(CC)CCNC(=O)N[C@@H](C(=O)O)C(C)C. The quantitative estimate of drug-likeness (QED) is 0.600. The zero-order valence-corrected chi connectivity index (χ0v) is 11.7. The largest absolute Gasteiger partial charge is 0.480 e. The maximum Gasteiger partial charge on any atom is 0.326 e. The molecule has 0 radical (unpaired) electrons. The van der Waals surface area contributed by atoms with Gasteiger partial charge in [-0.3, -0.25) is 0 Å². The molecule has 0 aromatic carbocycles. The first-order chi connectivity index (χ1) is 8.42. The number of nitrogens with zero attached hydrogens (tertiary/aromatic N) is 1. The molecule has 0 fully saturated rings. The molecule has 0 unspecified atom stereocenters. The lowest BCUT2D eigenvalue weighted by Crippen LogP contribution is -2.49. The van der Waals surface area contributed by atoms with Gasteiger partial charge in [0.1, 0.15) is 6.04 Å². The highest BCUT2D eigenvalue weighted by Gasteiger charge is 2.23. The summed E-state index contributed by atoms with van der Waals surface area (Å²) in [5, 5.41) is 14.1. The summed E-state index contributed by atoms with van der Waals surface area (Å²) in [6.45, 7) is 10.8. The van der Waals surface area contributed by atoms with Gasteiger partial charge in [0.15, 0.2) is 0 Å². The van der Waals surface area contributed by atoms with Crippen LogP contribution in [-0.2, 0) is 4.79 Å². The highest BCUT2D eigenvalue weighted by atomic mass is 16.4.